The first-order chi connectivity index (χ1) is 16.3. The van der Waals surface area contributed by atoms with Crippen molar-refractivity contribution in [1.82, 2.24) is 10.3 Å². The van der Waals surface area contributed by atoms with Crippen molar-refractivity contribution < 1.29 is 40.6 Å². The number of rotatable bonds is 5. The Labute approximate surface area is 194 Å². The van der Waals surface area contributed by atoms with Gasteiger partial charge < -0.3 is 10.4 Å². The molecular formula is C24H15F7N2O2. The fourth-order valence-electron chi connectivity index (χ4n) is 3.17. The minimum absolute atomic E-state index is 0.145. The first-order valence-corrected chi connectivity index (χ1v) is 9.73. The average molecular weight is 496 g/mol. The standard InChI is InChI=1S/C24H15F7N2O2/c1-2-14-3-5-15(6-4-14)16-9-17(21(34)33-13-20-8-7-19(25)12-32-20)11-18(10-16)22(35,23(26,27)28)24(29,30)31/h1,3-12,35H,13H2,(H,33,34). The maximum Gasteiger partial charge on any atom is 0.430 e. The van der Waals surface area contributed by atoms with E-state index in [0.717, 1.165) is 18.3 Å². The number of benzene rings is 2. The molecule has 3 aromatic rings. The van der Waals surface area contributed by atoms with E-state index >= 15 is 0 Å². The topological polar surface area (TPSA) is 62.2 Å². The van der Waals surface area contributed by atoms with Gasteiger partial charge >= 0.3 is 12.4 Å². The molecule has 0 bridgehead atoms. The summed E-state index contributed by atoms with van der Waals surface area (Å²) >= 11 is 0. The van der Waals surface area contributed by atoms with Gasteiger partial charge in [0.15, 0.2) is 0 Å². The molecule has 3 rings (SSSR count). The van der Waals surface area contributed by atoms with E-state index in [4.69, 9.17) is 6.42 Å². The number of hydrogen-bond donors (Lipinski definition) is 2. The third-order valence-corrected chi connectivity index (χ3v) is 5.04. The smallest absolute Gasteiger partial charge is 0.369 e. The Bertz CT molecular complexity index is 1250. The highest BCUT2D eigenvalue weighted by Gasteiger charge is 2.71. The zero-order valence-electron chi connectivity index (χ0n) is 17.5. The van der Waals surface area contributed by atoms with Gasteiger partial charge in [0.2, 0.25) is 0 Å². The van der Waals surface area contributed by atoms with Crippen LogP contribution in [0.4, 0.5) is 30.7 Å². The number of aliphatic hydroxyl groups is 1. The molecule has 0 aliphatic carbocycles. The number of nitrogens with zero attached hydrogens (tertiary/aromatic N) is 1. The van der Waals surface area contributed by atoms with Gasteiger partial charge in [0.1, 0.15) is 5.82 Å². The molecule has 0 unspecified atom stereocenters. The van der Waals surface area contributed by atoms with E-state index in [1.807, 2.05) is 0 Å². The second-order valence-corrected chi connectivity index (χ2v) is 7.38. The van der Waals surface area contributed by atoms with Gasteiger partial charge in [0.25, 0.3) is 11.5 Å². The quantitative estimate of drug-likeness (QED) is 0.381. The molecule has 1 amide bonds. The molecule has 2 N–H and O–H groups in total. The highest BCUT2D eigenvalue weighted by Crippen LogP contribution is 2.50. The first-order valence-electron chi connectivity index (χ1n) is 9.73. The second kappa shape index (κ2) is 9.38. The van der Waals surface area contributed by atoms with Crippen LogP contribution in [0.1, 0.15) is 27.2 Å². The number of halogens is 7. The molecule has 0 spiro atoms. The molecule has 0 fully saturated rings. The van der Waals surface area contributed by atoms with E-state index in [1.165, 1.54) is 30.3 Å². The van der Waals surface area contributed by atoms with Gasteiger partial charge in [-0.15, -0.1) is 6.42 Å². The van der Waals surface area contributed by atoms with E-state index in [2.05, 4.69) is 16.2 Å². The molecule has 0 saturated heterocycles. The van der Waals surface area contributed by atoms with Gasteiger partial charge in [-0.05, 0) is 53.6 Å². The van der Waals surface area contributed by atoms with Gasteiger partial charge in [-0.1, -0.05) is 18.1 Å². The van der Waals surface area contributed by atoms with E-state index in [-0.39, 0.29) is 23.4 Å². The molecule has 2 aromatic carbocycles. The molecule has 0 aliphatic rings. The zero-order chi connectivity index (χ0) is 26.0. The lowest BCUT2D eigenvalue weighted by Crippen LogP contribution is -2.54. The Kier molecular flexibility index (Phi) is 6.89. The first kappa shape index (κ1) is 25.7. The number of alkyl halides is 6. The van der Waals surface area contributed by atoms with Crippen LogP contribution in [0, 0.1) is 18.2 Å². The van der Waals surface area contributed by atoms with Crippen LogP contribution in [0.25, 0.3) is 11.1 Å². The summed E-state index contributed by atoms with van der Waals surface area (Å²) in [6.45, 7) is -0.293. The Morgan fingerprint density at radius 2 is 1.57 bits per heavy atom. The second-order valence-electron chi connectivity index (χ2n) is 7.38. The van der Waals surface area contributed by atoms with Crippen molar-refractivity contribution in [2.45, 2.75) is 24.5 Å². The summed E-state index contributed by atoms with van der Waals surface area (Å²) in [5.41, 5.74) is -6.91. The van der Waals surface area contributed by atoms with E-state index in [9.17, 15) is 40.6 Å². The van der Waals surface area contributed by atoms with Crippen molar-refractivity contribution in [2.75, 3.05) is 0 Å². The van der Waals surface area contributed by atoms with Gasteiger partial charge in [-0.3, -0.25) is 9.78 Å². The molecule has 4 nitrogen and oxygen atoms in total. The number of carbonyl (C=O) groups excluding carboxylic acids is 1. The summed E-state index contributed by atoms with van der Waals surface area (Å²) < 4.78 is 94.1. The molecule has 0 aliphatic heterocycles. The van der Waals surface area contributed by atoms with E-state index in [1.54, 1.807) is 0 Å². The third-order valence-electron chi connectivity index (χ3n) is 5.04. The summed E-state index contributed by atoms with van der Waals surface area (Å²) in [6, 6.07) is 9.67. The minimum atomic E-state index is -6.15. The number of amides is 1. The van der Waals surface area contributed by atoms with Crippen molar-refractivity contribution in [2.24, 2.45) is 0 Å². The number of carbonyl (C=O) groups is 1. The number of aromatic nitrogens is 1. The molecule has 0 saturated carbocycles. The molecular weight excluding hydrogens is 481 g/mol. The van der Waals surface area contributed by atoms with Crippen molar-refractivity contribution in [3.05, 3.63) is 89.0 Å². The van der Waals surface area contributed by atoms with E-state index in [0.29, 0.717) is 17.7 Å². The SMILES string of the molecule is C#Cc1ccc(-c2cc(C(=O)NCc3ccc(F)cn3)cc(C(O)(C(F)(F)F)C(F)(F)F)c2)cc1. The molecule has 35 heavy (non-hydrogen) atoms. The maximum absolute atomic E-state index is 13.5. The Balaban J connectivity index is 2.11. The van der Waals surface area contributed by atoms with Crippen LogP contribution < -0.4 is 5.32 Å². The summed E-state index contributed by atoms with van der Waals surface area (Å²) in [4.78, 5) is 16.4. The van der Waals surface area contributed by atoms with Crippen LogP contribution in [-0.2, 0) is 12.1 Å². The molecule has 0 atom stereocenters. The van der Waals surface area contributed by atoms with Crippen LogP contribution >= 0.6 is 0 Å². The van der Waals surface area contributed by atoms with Crippen LogP contribution in [0.3, 0.4) is 0 Å². The van der Waals surface area contributed by atoms with Gasteiger partial charge in [-0.2, -0.15) is 26.3 Å². The van der Waals surface area contributed by atoms with Crippen LogP contribution in [0.5, 0.6) is 0 Å². The van der Waals surface area contributed by atoms with Crippen molar-refractivity contribution in [3.8, 4) is 23.5 Å². The number of terminal acetylenes is 1. The van der Waals surface area contributed by atoms with Crippen molar-refractivity contribution in [1.29, 1.82) is 0 Å². The fraction of sp³-hybridized carbons (Fsp3) is 0.167. The summed E-state index contributed by atoms with van der Waals surface area (Å²) in [7, 11) is 0. The van der Waals surface area contributed by atoms with Crippen molar-refractivity contribution in [3.63, 3.8) is 0 Å². The maximum atomic E-state index is 13.5. The predicted molar refractivity (Wildman–Crippen MR) is 111 cm³/mol. The van der Waals surface area contributed by atoms with Crippen LogP contribution in [0.15, 0.2) is 60.8 Å². The molecule has 1 heterocycles. The minimum Gasteiger partial charge on any atom is -0.369 e. The van der Waals surface area contributed by atoms with Gasteiger partial charge in [0, 0.05) is 16.7 Å². The van der Waals surface area contributed by atoms with Crippen LogP contribution in [0.2, 0.25) is 0 Å². The Hall–Kier alpha value is -3.91. The molecule has 182 valence electrons. The average Bonchev–Trinajstić information content (AvgIpc) is 2.81. The van der Waals surface area contributed by atoms with Crippen LogP contribution in [-0.4, -0.2) is 28.4 Å². The van der Waals surface area contributed by atoms with E-state index < -0.39 is 40.8 Å². The van der Waals surface area contributed by atoms with Gasteiger partial charge in [-0.25, -0.2) is 4.39 Å². The summed E-state index contributed by atoms with van der Waals surface area (Å²) in [5, 5.41) is 12.2. The Morgan fingerprint density at radius 3 is 2.09 bits per heavy atom. The molecule has 0 radical (unpaired) electrons. The third kappa shape index (κ3) is 5.27. The summed E-state index contributed by atoms with van der Waals surface area (Å²) in [6.07, 6.45) is -6.17. The number of nitrogens with one attached hydrogen (secondary N) is 1. The van der Waals surface area contributed by atoms with Gasteiger partial charge in [0.05, 0.1) is 18.4 Å². The fourth-order valence-corrected chi connectivity index (χ4v) is 3.17. The largest absolute Gasteiger partial charge is 0.430 e. The number of hydrogen-bond acceptors (Lipinski definition) is 3. The number of pyridine rings is 1. The molecule has 11 heteroatoms. The van der Waals surface area contributed by atoms with Crippen molar-refractivity contribution >= 4 is 5.91 Å². The molecule has 1 aromatic heterocycles. The lowest BCUT2D eigenvalue weighted by molar-refractivity contribution is -0.376. The monoisotopic (exact) mass is 496 g/mol. The zero-order valence-corrected chi connectivity index (χ0v) is 17.5. The highest BCUT2D eigenvalue weighted by molar-refractivity contribution is 5.95. The normalized spacial score (nSPS) is 12.2. The lowest BCUT2D eigenvalue weighted by Gasteiger charge is -2.33. The lowest BCUT2D eigenvalue weighted by atomic mass is 9.87. The predicted octanol–water partition coefficient (Wildman–Crippen LogP) is 5.11. The Morgan fingerprint density at radius 1 is 0.943 bits per heavy atom. The summed E-state index contributed by atoms with van der Waals surface area (Å²) in [5.74, 6) is 0.619. The highest BCUT2D eigenvalue weighted by atomic mass is 19.4.